The first-order valence-corrected chi connectivity index (χ1v) is 48.4. The number of aliphatic hydroxyl groups is 1. The van der Waals surface area contributed by atoms with Crippen LogP contribution in [0.1, 0.15) is 85.3 Å². The average Bonchev–Trinajstić information content (AvgIpc) is 0.716. The number of phenols is 1. The number of fused-ring (bicyclic) bond motifs is 2. The molecular weight excluding hydrogens is 1790 g/mol. The zero-order valence-corrected chi connectivity index (χ0v) is 61.8. The quantitative estimate of drug-likeness (QED) is 0.0976. The van der Waals surface area contributed by atoms with E-state index < -0.39 is 6.10 Å². The van der Waals surface area contributed by atoms with E-state index in [1.165, 1.54) is 81.3 Å². The van der Waals surface area contributed by atoms with Gasteiger partial charge in [0.2, 0.25) is 0 Å². The maximum absolute atomic E-state index is 11.6. The van der Waals surface area contributed by atoms with E-state index in [4.69, 9.17) is 0 Å². The second kappa shape index (κ2) is 28.1. The summed E-state index contributed by atoms with van der Waals surface area (Å²) in [4.78, 5) is 23.2. The number of phenolic OH excluding ortho intramolecular Hbond substituents is 1. The molecule has 0 fully saturated rings. The molecule has 0 radical (unpaired) electrons. The number of ketones is 2. The van der Waals surface area contributed by atoms with Gasteiger partial charge in [-0.2, -0.15) is 0 Å². The fourth-order valence-corrected chi connectivity index (χ4v) is 14.4. The van der Waals surface area contributed by atoms with E-state index in [1.807, 2.05) is 117 Å². The number of carbonyl (C=O) groups excluding carboxylic acids is 2. The van der Waals surface area contributed by atoms with Crippen LogP contribution in [-0.2, 0) is 0 Å². The summed E-state index contributed by atoms with van der Waals surface area (Å²) in [6.45, 7) is 4.00. The Morgan fingerprint density at radius 2 is 0.689 bits per heavy atom. The Hall–Kier alpha value is -5.88. The minimum absolute atomic E-state index is 0. The monoisotopic (exact) mass is 1840 g/mol. The van der Waals surface area contributed by atoms with Crippen LogP contribution >= 0.6 is 98.4 Å². The molecule has 0 aliphatic heterocycles. The largest absolute Gasteiger partial charge is 0.508 e. The Bertz CT molecular complexity index is 4900. The first-order valence-electron chi connectivity index (χ1n) is 29.6. The summed E-state index contributed by atoms with van der Waals surface area (Å²) in [6.07, 6.45) is 19.2. The molecule has 5 aliphatic carbocycles. The van der Waals surface area contributed by atoms with Crippen molar-refractivity contribution in [3.63, 3.8) is 0 Å². The number of halogens is 6. The molecule has 90 heavy (non-hydrogen) atoms. The van der Waals surface area contributed by atoms with Gasteiger partial charge in [0.1, 0.15) is 5.75 Å². The van der Waals surface area contributed by atoms with Gasteiger partial charge >= 0.3 is 50.5 Å². The molecule has 10 heteroatoms. The van der Waals surface area contributed by atoms with Crippen molar-refractivity contribution in [2.45, 2.75) is 31.8 Å². The molecule has 0 spiro atoms. The van der Waals surface area contributed by atoms with Gasteiger partial charge in [-0.1, -0.05) is 263 Å². The van der Waals surface area contributed by atoms with Gasteiger partial charge in [-0.3, -0.25) is 9.59 Å². The van der Waals surface area contributed by atoms with Gasteiger partial charge in [0, 0.05) is 76.5 Å². The summed E-state index contributed by atoms with van der Waals surface area (Å²) in [5, 5.41) is 44.9. The molecule has 0 amide bonds. The number of allylic oxidation sites excluding steroid dienone is 4. The summed E-state index contributed by atoms with van der Waals surface area (Å²) in [5.41, 5.74) is 9.63. The topological polar surface area (TPSA) is 74.6 Å². The van der Waals surface area contributed by atoms with Crippen LogP contribution < -0.4 is 13.3 Å². The molecule has 14 aromatic carbocycles. The van der Waals surface area contributed by atoms with Crippen LogP contribution in [0.25, 0.3) is 127 Å². The maximum Gasteiger partial charge on any atom is 0.186 e. The fourth-order valence-electron chi connectivity index (χ4n) is 14.4. The molecule has 0 heterocycles. The Balaban J connectivity index is 0.000000116. The van der Waals surface area contributed by atoms with Crippen molar-refractivity contribution in [3.8, 4) is 5.75 Å². The number of benzene rings is 14. The van der Waals surface area contributed by atoms with Crippen LogP contribution in [0.4, 0.5) is 0 Å². The third-order valence-corrected chi connectivity index (χ3v) is 18.0. The molecule has 0 saturated heterocycles. The standard InChI is InChI=1S/C26H20O2.C26H14.2C13H8O.C2H6.I3.I2.HI/c27-21-13-9-17-5-1-3-15-7-11-19(25(21)23(15)17)20-12-8-16-4-2-6-18-10-14-22(28)26(20)24(16)18;1-3-15-7-11-19-21-13-9-17-5-2-6-18-10-14-22(26(21)24(17)18)20-12-8-16(4-1)23(15)25(19)20;2*14-12-8-7-10-4-1-3-9-5-2-6-11(12)13(9)10;1-2;1-3-2;1-2;/h1-14,19-21,25,27-28H;1-14H;2*1-8H;1-2H3;;;1H/q;;;;;-1;;. The number of rotatable bonds is 1. The van der Waals surface area contributed by atoms with Gasteiger partial charge in [-0.15, -0.1) is 24.0 Å². The van der Waals surface area contributed by atoms with Crippen LogP contribution in [0.2, 0.25) is 0 Å². The van der Waals surface area contributed by atoms with Crippen LogP contribution in [0.5, 0.6) is 5.75 Å². The number of aromatic hydroxyl groups is 1. The van der Waals surface area contributed by atoms with E-state index >= 15 is 0 Å². The maximum atomic E-state index is 11.6. The van der Waals surface area contributed by atoms with E-state index in [0.717, 1.165) is 65.7 Å². The van der Waals surface area contributed by atoms with Crippen LogP contribution in [0, 0.1) is 5.92 Å². The summed E-state index contributed by atoms with van der Waals surface area (Å²) >= 11 is 9.54. The predicted molar refractivity (Wildman–Crippen MR) is 425 cm³/mol. The molecule has 0 bridgehead atoms. The molecule has 0 aromatic heterocycles. The van der Waals surface area contributed by atoms with Gasteiger partial charge in [0.25, 0.3) is 0 Å². The van der Waals surface area contributed by atoms with E-state index in [9.17, 15) is 19.8 Å². The van der Waals surface area contributed by atoms with Crippen molar-refractivity contribution in [3.05, 3.63) is 287 Å². The molecule has 4 unspecified atom stereocenters. The first-order chi connectivity index (χ1) is 43.8. The fraction of sp³-hybridized carbons (Fsp3) is 0.0750. The zero-order valence-electron chi connectivity index (χ0n) is 48.7. The second-order valence-corrected chi connectivity index (χ2v) is 38.5. The molecule has 19 rings (SSSR count). The SMILES string of the molecule is CC.I.II.I[I-]I.O=C1C=Cc2cccc3cccc1c23.O=C1C=Cc2cccc3cccc1c23.Oc1ccc2cccc3c2c1C(C1C=Cc2cccc4c2C1C(O)C=C4)C=C3.c1cc2ccc3c4ccc5cccc6ccc(c7ccc(c1)c2c37)c4c56. The Labute approximate surface area is 592 Å². The first kappa shape index (κ1) is 64.2. The van der Waals surface area contributed by atoms with Gasteiger partial charge in [-0.05, 0) is 144 Å². The molecule has 444 valence electrons. The molecular formula is C80H57I6O4-. The van der Waals surface area contributed by atoms with Gasteiger partial charge in [-0.25, -0.2) is 0 Å². The van der Waals surface area contributed by atoms with Crippen molar-refractivity contribution in [2.75, 3.05) is 0 Å². The third-order valence-electron chi connectivity index (χ3n) is 18.0. The smallest absolute Gasteiger partial charge is 0.186 e. The van der Waals surface area contributed by atoms with Gasteiger partial charge in [0.05, 0.1) is 6.10 Å². The summed E-state index contributed by atoms with van der Waals surface area (Å²) < 4.78 is 0. The molecule has 5 aliphatic rings. The number of hydrogen-bond acceptors (Lipinski definition) is 4. The van der Waals surface area contributed by atoms with Gasteiger partial charge < -0.3 is 10.2 Å². The normalized spacial score (nSPS) is 16.5. The minimum Gasteiger partial charge on any atom is -0.508 e. The Kier molecular flexibility index (Phi) is 20.1. The van der Waals surface area contributed by atoms with Crippen molar-refractivity contribution in [1.82, 2.24) is 0 Å². The van der Waals surface area contributed by atoms with E-state index in [2.05, 4.69) is 220 Å². The molecule has 0 saturated carbocycles. The summed E-state index contributed by atoms with van der Waals surface area (Å²) in [7, 11) is 0. The minimum atomic E-state index is -0.532. The van der Waals surface area contributed by atoms with Crippen LogP contribution in [0.15, 0.2) is 237 Å². The van der Waals surface area contributed by atoms with Crippen LogP contribution in [0.3, 0.4) is 0 Å². The summed E-state index contributed by atoms with van der Waals surface area (Å²) in [6, 6.07) is 71.8. The van der Waals surface area contributed by atoms with Crippen molar-refractivity contribution in [1.29, 1.82) is 0 Å². The average molecular weight is 1840 g/mol. The van der Waals surface area contributed by atoms with Crippen LogP contribution in [-0.4, -0.2) is 27.9 Å². The van der Waals surface area contributed by atoms with Crippen molar-refractivity contribution in [2.24, 2.45) is 5.92 Å². The van der Waals surface area contributed by atoms with E-state index in [-0.39, 0.29) is 53.3 Å². The molecule has 14 aromatic rings. The Morgan fingerprint density at radius 1 is 0.356 bits per heavy atom. The predicted octanol–water partition coefficient (Wildman–Crippen LogP) is 21.2. The van der Waals surface area contributed by atoms with E-state index in [0.29, 0.717) is 19.0 Å². The molecule has 2 N–H and O–H groups in total. The van der Waals surface area contributed by atoms with E-state index in [1.54, 1.807) is 18.2 Å². The van der Waals surface area contributed by atoms with Gasteiger partial charge in [0.15, 0.2) is 11.6 Å². The number of carbonyl (C=O) groups is 2. The van der Waals surface area contributed by atoms with Crippen molar-refractivity contribution < 1.29 is 33.1 Å². The van der Waals surface area contributed by atoms with Crippen molar-refractivity contribution >= 4 is 237 Å². The Morgan fingerprint density at radius 3 is 1.13 bits per heavy atom. The summed E-state index contributed by atoms with van der Waals surface area (Å²) in [5.74, 6) is 0.624. The third kappa shape index (κ3) is 11.6. The zero-order chi connectivity index (χ0) is 61.4. The molecule has 4 atom stereocenters. The number of hydrogen-bond donors (Lipinski definition) is 2. The number of aliphatic hydroxyl groups excluding tert-OH is 1. The molecule has 4 nitrogen and oxygen atoms in total. The second-order valence-electron chi connectivity index (χ2n) is 22.3.